The largest absolute Gasteiger partial charge is 0.487 e. The van der Waals surface area contributed by atoms with Crippen molar-refractivity contribution in [1.82, 2.24) is 9.80 Å². The van der Waals surface area contributed by atoms with Crippen LogP contribution in [-0.4, -0.2) is 72.5 Å². The number of fused-ring (bicyclic) bond motifs is 2. The molecule has 1 saturated heterocycles. The number of ether oxygens (including phenoxy) is 2. The zero-order valence-corrected chi connectivity index (χ0v) is 23.9. The molecule has 0 saturated carbocycles. The van der Waals surface area contributed by atoms with Crippen LogP contribution in [0.4, 0.5) is 0 Å². The number of benzene rings is 2. The average Bonchev–Trinajstić information content (AvgIpc) is 3.35. The van der Waals surface area contributed by atoms with Gasteiger partial charge in [-0.2, -0.15) is 0 Å². The molecule has 0 aliphatic carbocycles. The van der Waals surface area contributed by atoms with Gasteiger partial charge in [-0.15, -0.1) is 0 Å². The fourth-order valence-corrected chi connectivity index (χ4v) is 5.41. The van der Waals surface area contributed by atoms with Crippen molar-refractivity contribution in [2.24, 2.45) is 4.99 Å². The summed E-state index contributed by atoms with van der Waals surface area (Å²) in [7, 11) is 1.43. The molecule has 0 amide bonds. The number of allylic oxidation sites excluding steroid dienone is 1. The minimum absolute atomic E-state index is 0.202. The van der Waals surface area contributed by atoms with Crippen molar-refractivity contribution in [3.63, 3.8) is 0 Å². The summed E-state index contributed by atoms with van der Waals surface area (Å²) in [6.45, 7) is 7.18. The van der Waals surface area contributed by atoms with E-state index in [2.05, 4.69) is 32.3 Å². The molecular formula is C32H34ClN3O4. The zero-order valence-electron chi connectivity index (χ0n) is 23.1. The second-order valence-electron chi connectivity index (χ2n) is 10.8. The number of aliphatic imine (C=N–C) groups is 1. The number of hydrogen-bond donors (Lipinski definition) is 1. The van der Waals surface area contributed by atoms with Crippen LogP contribution in [0.5, 0.6) is 5.75 Å². The molecule has 8 heteroatoms. The molecule has 0 aromatic heterocycles. The summed E-state index contributed by atoms with van der Waals surface area (Å²) in [4.78, 5) is 21.3. The third kappa shape index (κ3) is 6.48. The molecule has 0 bridgehead atoms. The van der Waals surface area contributed by atoms with Crippen LogP contribution in [0.3, 0.4) is 0 Å². The number of likely N-dealkylation sites (tertiary alicyclic amines) is 1. The van der Waals surface area contributed by atoms with Gasteiger partial charge in [-0.05, 0) is 61.4 Å². The molecule has 0 radical (unpaired) electrons. The Morgan fingerprint density at radius 2 is 2.10 bits per heavy atom. The molecule has 0 spiro atoms. The Kier molecular flexibility index (Phi) is 8.43. The van der Waals surface area contributed by atoms with Gasteiger partial charge in [0, 0.05) is 48.4 Å². The van der Waals surface area contributed by atoms with E-state index >= 15 is 0 Å². The summed E-state index contributed by atoms with van der Waals surface area (Å²) in [5, 5.41) is 11.4. The lowest BCUT2D eigenvalue weighted by molar-refractivity contribution is -0.142. The average molecular weight is 560 g/mol. The molecule has 40 heavy (non-hydrogen) atoms. The zero-order chi connectivity index (χ0) is 28.3. The lowest BCUT2D eigenvalue weighted by atomic mass is 9.90. The smallest absolute Gasteiger partial charge is 0.319 e. The Morgan fingerprint density at radius 3 is 2.85 bits per heavy atom. The van der Waals surface area contributed by atoms with Gasteiger partial charge >= 0.3 is 5.97 Å². The van der Waals surface area contributed by atoms with E-state index in [4.69, 9.17) is 21.1 Å². The van der Waals surface area contributed by atoms with Crippen molar-refractivity contribution >= 4 is 28.9 Å². The van der Waals surface area contributed by atoms with E-state index in [1.165, 1.54) is 7.11 Å². The van der Waals surface area contributed by atoms with Gasteiger partial charge in [0.2, 0.25) is 0 Å². The highest BCUT2D eigenvalue weighted by Crippen LogP contribution is 2.38. The number of halogens is 1. The lowest BCUT2D eigenvalue weighted by Gasteiger charge is -2.28. The van der Waals surface area contributed by atoms with E-state index in [0.717, 1.165) is 58.8 Å². The first-order valence-electron chi connectivity index (χ1n) is 13.5. The van der Waals surface area contributed by atoms with Crippen molar-refractivity contribution < 1.29 is 19.4 Å². The molecule has 3 aliphatic rings. The van der Waals surface area contributed by atoms with Crippen LogP contribution in [0.2, 0.25) is 5.02 Å². The fraction of sp³-hybridized carbons (Fsp3) is 0.375. The Labute approximate surface area is 240 Å². The standard InChI is InChI=1S/C32H34ClN3O4/c1-32(2,38)23-8-11-30-28(17-23)26(27-5-4-14-34-29(27)21-40-30)13-16-35-15-12-25(19-35)36(20-31(37)39-3)18-22-6-9-24(33)10-7-22/h6-11,13-14,17,25,38H,12,15-16,18-21H2,1-3H3/b26-13+. The third-order valence-corrected chi connectivity index (χ3v) is 7.81. The summed E-state index contributed by atoms with van der Waals surface area (Å²) in [6, 6.07) is 13.8. The quantitative estimate of drug-likeness (QED) is 0.372. The van der Waals surface area contributed by atoms with E-state index in [0.29, 0.717) is 24.7 Å². The predicted octanol–water partition coefficient (Wildman–Crippen LogP) is 4.74. The van der Waals surface area contributed by atoms with Crippen LogP contribution in [0.25, 0.3) is 5.57 Å². The molecule has 5 rings (SSSR count). The van der Waals surface area contributed by atoms with E-state index in [-0.39, 0.29) is 18.6 Å². The maximum atomic E-state index is 12.3. The molecule has 3 heterocycles. The van der Waals surface area contributed by atoms with Crippen LogP contribution in [0, 0.1) is 0 Å². The van der Waals surface area contributed by atoms with Gasteiger partial charge in [-0.3, -0.25) is 14.6 Å². The van der Waals surface area contributed by atoms with Crippen molar-refractivity contribution in [3.8, 4) is 5.75 Å². The van der Waals surface area contributed by atoms with Crippen LogP contribution >= 0.6 is 11.6 Å². The highest BCUT2D eigenvalue weighted by atomic mass is 35.5. The first-order valence-corrected chi connectivity index (χ1v) is 13.8. The first-order chi connectivity index (χ1) is 19.2. The highest BCUT2D eigenvalue weighted by Gasteiger charge is 2.30. The summed E-state index contributed by atoms with van der Waals surface area (Å²) in [5.41, 5.74) is 10.7. The molecule has 2 aromatic rings. The van der Waals surface area contributed by atoms with E-state index in [1.54, 1.807) is 20.0 Å². The minimum atomic E-state index is -0.991. The molecule has 208 valence electrons. The number of nitrogens with zero attached hydrogens (tertiary/aromatic N) is 3. The van der Waals surface area contributed by atoms with Gasteiger partial charge in [0.15, 0.2) is 0 Å². The van der Waals surface area contributed by atoms with Gasteiger partial charge in [0.25, 0.3) is 0 Å². The normalized spacial score (nSPS) is 19.6. The van der Waals surface area contributed by atoms with Crippen molar-refractivity contribution in [2.75, 3.05) is 39.9 Å². The molecule has 2 aromatic carbocycles. The van der Waals surface area contributed by atoms with Crippen LogP contribution in [0.1, 0.15) is 37.0 Å². The van der Waals surface area contributed by atoms with Gasteiger partial charge in [0.1, 0.15) is 12.4 Å². The van der Waals surface area contributed by atoms with Gasteiger partial charge in [0.05, 0.1) is 36.7 Å². The number of carbonyl (C=O) groups is 1. The van der Waals surface area contributed by atoms with Gasteiger partial charge in [-0.25, -0.2) is 4.99 Å². The highest BCUT2D eigenvalue weighted by molar-refractivity contribution is 6.30. The Bertz CT molecular complexity index is 1440. The van der Waals surface area contributed by atoms with Crippen molar-refractivity contribution in [2.45, 2.75) is 38.5 Å². The molecule has 1 fully saturated rings. The number of methoxy groups -OCH3 is 1. The van der Waals surface area contributed by atoms with Crippen LogP contribution < -0.4 is 4.74 Å². The topological polar surface area (TPSA) is 74.6 Å². The molecule has 1 N–H and O–H groups in total. The fourth-order valence-electron chi connectivity index (χ4n) is 5.29. The third-order valence-electron chi connectivity index (χ3n) is 7.56. The molecule has 3 aliphatic heterocycles. The van der Waals surface area contributed by atoms with Crippen molar-refractivity contribution in [1.29, 1.82) is 0 Å². The SMILES string of the molecule is COC(=O)CN(Cc1ccc(Cl)cc1)C1CCN(C/C=C2\C3=C=C=CN=C3COc3ccc(C(C)(C)O)cc32)C1. The molecule has 1 atom stereocenters. The monoisotopic (exact) mass is 559 g/mol. The maximum Gasteiger partial charge on any atom is 0.319 e. The Morgan fingerprint density at radius 1 is 1.30 bits per heavy atom. The van der Waals surface area contributed by atoms with Crippen LogP contribution in [-0.2, 0) is 21.7 Å². The van der Waals surface area contributed by atoms with Crippen molar-refractivity contribution in [3.05, 3.63) is 93.5 Å². The van der Waals surface area contributed by atoms with E-state index in [9.17, 15) is 9.90 Å². The Hall–Kier alpha value is -3.41. The summed E-state index contributed by atoms with van der Waals surface area (Å²) in [6.07, 6.45) is 4.74. The van der Waals surface area contributed by atoms with Crippen LogP contribution in [0.15, 0.2) is 76.8 Å². The van der Waals surface area contributed by atoms with Gasteiger partial charge < -0.3 is 14.6 Å². The van der Waals surface area contributed by atoms with Gasteiger partial charge in [-0.1, -0.05) is 41.6 Å². The van der Waals surface area contributed by atoms with E-state index < -0.39 is 5.60 Å². The van der Waals surface area contributed by atoms with E-state index in [1.807, 2.05) is 42.5 Å². The lowest BCUT2D eigenvalue weighted by Crippen LogP contribution is -2.40. The molecular weight excluding hydrogens is 526 g/mol. The maximum absolute atomic E-state index is 12.3. The summed E-state index contributed by atoms with van der Waals surface area (Å²) < 4.78 is 11.1. The predicted molar refractivity (Wildman–Crippen MR) is 156 cm³/mol. The number of esters is 1. The number of aliphatic hydroxyl groups is 1. The summed E-state index contributed by atoms with van der Waals surface area (Å²) >= 11 is 6.08. The number of rotatable bonds is 8. The number of carbonyl (C=O) groups excluding carboxylic acids is 1. The number of hydrogen-bond acceptors (Lipinski definition) is 7. The molecule has 7 nitrogen and oxygen atoms in total. The second-order valence-corrected chi connectivity index (χ2v) is 11.3. The molecule has 1 unspecified atom stereocenters. The minimum Gasteiger partial charge on any atom is -0.487 e. The first kappa shape index (κ1) is 28.1. The Balaban J connectivity index is 1.39. The second kappa shape index (κ2) is 12.0. The summed E-state index contributed by atoms with van der Waals surface area (Å²) in [5.74, 6) is 0.500.